The topological polar surface area (TPSA) is 21.7 Å². The van der Waals surface area contributed by atoms with E-state index < -0.39 is 0 Å². The number of hydrogen-bond donors (Lipinski definition) is 0. The van der Waals surface area contributed by atoms with E-state index >= 15 is 0 Å². The van der Waals surface area contributed by atoms with Crippen LogP contribution in [0.4, 0.5) is 0 Å². The molecule has 0 aromatic heterocycles. The Morgan fingerprint density at radius 2 is 2.05 bits per heavy atom. The van der Waals surface area contributed by atoms with Crippen molar-refractivity contribution in [3.8, 4) is 11.5 Å². The molecule has 1 heterocycles. The summed E-state index contributed by atoms with van der Waals surface area (Å²) in [5.41, 5.74) is 2.83. The molecule has 2 atom stereocenters. The van der Waals surface area contributed by atoms with E-state index in [1.807, 2.05) is 0 Å². The van der Waals surface area contributed by atoms with Crippen molar-refractivity contribution in [2.45, 2.75) is 38.6 Å². The van der Waals surface area contributed by atoms with E-state index in [9.17, 15) is 0 Å². The fourth-order valence-electron chi connectivity index (χ4n) is 4.02. The summed E-state index contributed by atoms with van der Waals surface area (Å²) in [5.74, 6) is 2.61. The predicted molar refractivity (Wildman–Crippen MR) is 80.7 cm³/mol. The second kappa shape index (κ2) is 5.65. The number of hydrogen-bond acceptors (Lipinski definition) is 3. The number of methoxy groups -OCH3 is 2. The van der Waals surface area contributed by atoms with Gasteiger partial charge in [-0.05, 0) is 56.3 Å². The molecular weight excluding hydrogens is 250 g/mol. The molecule has 1 aromatic rings. The molecule has 3 heteroatoms. The molecule has 0 saturated carbocycles. The molecule has 2 aliphatic rings. The Kier molecular flexibility index (Phi) is 3.88. The van der Waals surface area contributed by atoms with Gasteiger partial charge in [0.15, 0.2) is 11.5 Å². The van der Waals surface area contributed by atoms with Gasteiger partial charge in [0.05, 0.1) is 14.2 Å². The molecule has 0 N–H and O–H groups in total. The van der Waals surface area contributed by atoms with Gasteiger partial charge in [0.2, 0.25) is 0 Å². The number of rotatable bonds is 4. The summed E-state index contributed by atoms with van der Waals surface area (Å²) in [6, 6.07) is 5.02. The average Bonchev–Trinajstić information content (AvgIpc) is 2.86. The van der Waals surface area contributed by atoms with Gasteiger partial charge in [0, 0.05) is 11.6 Å². The molecule has 110 valence electrons. The molecule has 1 aliphatic heterocycles. The van der Waals surface area contributed by atoms with E-state index in [2.05, 4.69) is 24.0 Å². The molecular formula is C17H25NO2. The van der Waals surface area contributed by atoms with Crippen molar-refractivity contribution in [1.82, 2.24) is 4.90 Å². The second-order valence-corrected chi connectivity index (χ2v) is 6.00. The molecule has 0 amide bonds. The second-order valence-electron chi connectivity index (χ2n) is 6.00. The lowest BCUT2D eigenvalue weighted by molar-refractivity contribution is 0.214. The van der Waals surface area contributed by atoms with Gasteiger partial charge in [-0.2, -0.15) is 0 Å². The van der Waals surface area contributed by atoms with Crippen LogP contribution in [0.1, 0.15) is 30.9 Å². The minimum Gasteiger partial charge on any atom is -0.493 e. The minimum absolute atomic E-state index is 0.737. The first-order valence-corrected chi connectivity index (χ1v) is 7.75. The van der Waals surface area contributed by atoms with Gasteiger partial charge in [0.1, 0.15) is 0 Å². The highest BCUT2D eigenvalue weighted by Gasteiger charge is 2.38. The quantitative estimate of drug-likeness (QED) is 0.843. The monoisotopic (exact) mass is 275 g/mol. The maximum atomic E-state index is 5.62. The van der Waals surface area contributed by atoms with E-state index in [0.29, 0.717) is 0 Å². The first-order chi connectivity index (χ1) is 9.78. The van der Waals surface area contributed by atoms with Crippen LogP contribution in [0, 0.1) is 5.92 Å². The van der Waals surface area contributed by atoms with Gasteiger partial charge in [-0.3, -0.25) is 4.90 Å². The SMILES string of the molecule is CCCN1CCC2Cc3c(ccc(OC)c3OC)CC21. The highest BCUT2D eigenvalue weighted by molar-refractivity contribution is 5.52. The van der Waals surface area contributed by atoms with Gasteiger partial charge in [-0.25, -0.2) is 0 Å². The summed E-state index contributed by atoms with van der Waals surface area (Å²) in [5, 5.41) is 0. The highest BCUT2D eigenvalue weighted by Crippen LogP contribution is 2.42. The molecule has 0 bridgehead atoms. The lowest BCUT2D eigenvalue weighted by atomic mass is 9.80. The first-order valence-electron chi connectivity index (χ1n) is 7.75. The molecule has 1 aliphatic carbocycles. The zero-order chi connectivity index (χ0) is 14.1. The maximum absolute atomic E-state index is 5.62. The summed E-state index contributed by atoms with van der Waals surface area (Å²) >= 11 is 0. The Morgan fingerprint density at radius 1 is 1.20 bits per heavy atom. The Labute approximate surface area is 121 Å². The van der Waals surface area contributed by atoms with Crippen molar-refractivity contribution in [3.05, 3.63) is 23.3 Å². The van der Waals surface area contributed by atoms with Crippen molar-refractivity contribution >= 4 is 0 Å². The zero-order valence-corrected chi connectivity index (χ0v) is 12.8. The largest absolute Gasteiger partial charge is 0.493 e. The summed E-state index contributed by atoms with van der Waals surface area (Å²) in [6.45, 7) is 4.78. The van der Waals surface area contributed by atoms with Gasteiger partial charge in [-0.1, -0.05) is 13.0 Å². The van der Waals surface area contributed by atoms with Crippen LogP contribution < -0.4 is 9.47 Å². The van der Waals surface area contributed by atoms with Crippen LogP contribution in [-0.2, 0) is 12.8 Å². The molecule has 2 unspecified atom stereocenters. The van der Waals surface area contributed by atoms with E-state index in [1.165, 1.54) is 43.5 Å². The molecule has 0 radical (unpaired) electrons. The van der Waals surface area contributed by atoms with Crippen LogP contribution in [0.25, 0.3) is 0 Å². The third kappa shape index (κ3) is 2.18. The lowest BCUT2D eigenvalue weighted by Crippen LogP contribution is -2.38. The van der Waals surface area contributed by atoms with E-state index in [0.717, 1.165) is 29.9 Å². The fourth-order valence-corrected chi connectivity index (χ4v) is 4.02. The highest BCUT2D eigenvalue weighted by atomic mass is 16.5. The number of nitrogens with zero attached hydrogens (tertiary/aromatic N) is 1. The first kappa shape index (κ1) is 13.7. The molecule has 3 nitrogen and oxygen atoms in total. The summed E-state index contributed by atoms with van der Waals surface area (Å²) in [7, 11) is 3.47. The maximum Gasteiger partial charge on any atom is 0.164 e. The van der Waals surface area contributed by atoms with Crippen LogP contribution in [0.3, 0.4) is 0 Å². The summed E-state index contributed by atoms with van der Waals surface area (Å²) in [4.78, 5) is 2.68. The van der Waals surface area contributed by atoms with E-state index in [1.54, 1.807) is 14.2 Å². The van der Waals surface area contributed by atoms with Gasteiger partial charge in [0.25, 0.3) is 0 Å². The van der Waals surface area contributed by atoms with Gasteiger partial charge < -0.3 is 9.47 Å². The molecule has 1 saturated heterocycles. The summed E-state index contributed by atoms with van der Waals surface area (Å²) < 4.78 is 11.1. The number of benzene rings is 1. The molecule has 20 heavy (non-hydrogen) atoms. The van der Waals surface area contributed by atoms with Crippen molar-refractivity contribution in [2.24, 2.45) is 5.92 Å². The fraction of sp³-hybridized carbons (Fsp3) is 0.647. The van der Waals surface area contributed by atoms with Crippen LogP contribution in [0.2, 0.25) is 0 Å². The van der Waals surface area contributed by atoms with Gasteiger partial charge in [-0.15, -0.1) is 0 Å². The van der Waals surface area contributed by atoms with Crippen molar-refractivity contribution in [2.75, 3.05) is 27.3 Å². The van der Waals surface area contributed by atoms with Crippen molar-refractivity contribution in [1.29, 1.82) is 0 Å². The lowest BCUT2D eigenvalue weighted by Gasteiger charge is -2.34. The minimum atomic E-state index is 0.737. The molecule has 0 spiro atoms. The average molecular weight is 275 g/mol. The number of fused-ring (bicyclic) bond motifs is 2. The Hall–Kier alpha value is -1.22. The number of ether oxygens (including phenoxy) is 2. The van der Waals surface area contributed by atoms with Crippen LogP contribution >= 0.6 is 0 Å². The standard InChI is InChI=1S/C17H25NO2/c1-4-8-18-9-7-13-10-14-12(11-15(13)18)5-6-16(19-2)17(14)20-3/h5-6,13,15H,4,7-11H2,1-3H3. The Balaban J connectivity index is 1.91. The van der Waals surface area contributed by atoms with Crippen molar-refractivity contribution < 1.29 is 9.47 Å². The van der Waals surface area contributed by atoms with Gasteiger partial charge >= 0.3 is 0 Å². The third-order valence-corrected chi connectivity index (χ3v) is 4.95. The van der Waals surface area contributed by atoms with E-state index in [-0.39, 0.29) is 0 Å². The number of likely N-dealkylation sites (tertiary alicyclic amines) is 1. The van der Waals surface area contributed by atoms with Crippen LogP contribution in [0.15, 0.2) is 12.1 Å². The molecule has 1 fully saturated rings. The smallest absolute Gasteiger partial charge is 0.164 e. The Morgan fingerprint density at radius 3 is 2.75 bits per heavy atom. The molecule has 1 aromatic carbocycles. The van der Waals surface area contributed by atoms with Crippen molar-refractivity contribution in [3.63, 3.8) is 0 Å². The molecule has 3 rings (SSSR count). The van der Waals surface area contributed by atoms with Crippen LogP contribution in [0.5, 0.6) is 11.5 Å². The Bertz CT molecular complexity index is 486. The van der Waals surface area contributed by atoms with E-state index in [4.69, 9.17) is 9.47 Å². The predicted octanol–water partition coefficient (Wildman–Crippen LogP) is 2.90. The third-order valence-electron chi connectivity index (χ3n) is 4.95. The normalized spacial score (nSPS) is 25.1. The summed E-state index contributed by atoms with van der Waals surface area (Å²) in [6.07, 6.45) is 4.88. The van der Waals surface area contributed by atoms with Crippen LogP contribution in [-0.4, -0.2) is 38.3 Å². The zero-order valence-electron chi connectivity index (χ0n) is 12.8.